The van der Waals surface area contributed by atoms with E-state index in [1.54, 1.807) is 0 Å². The number of hydrogen-bond donors (Lipinski definition) is 1. The summed E-state index contributed by atoms with van der Waals surface area (Å²) in [6.45, 7) is 5.98. The second-order valence-electron chi connectivity index (χ2n) is 7.22. The average Bonchev–Trinajstić information content (AvgIpc) is 2.48. The van der Waals surface area contributed by atoms with Crippen LogP contribution in [0.25, 0.3) is 0 Å². The fourth-order valence-corrected chi connectivity index (χ4v) is 4.16. The predicted molar refractivity (Wildman–Crippen MR) is 89.3 cm³/mol. The summed E-state index contributed by atoms with van der Waals surface area (Å²) < 4.78 is 0. The van der Waals surface area contributed by atoms with Gasteiger partial charge in [-0.2, -0.15) is 0 Å². The summed E-state index contributed by atoms with van der Waals surface area (Å²) >= 11 is 0. The van der Waals surface area contributed by atoms with Crippen LogP contribution in [0.1, 0.15) is 51.0 Å². The minimum atomic E-state index is 0.695. The van der Waals surface area contributed by atoms with Gasteiger partial charge in [0.1, 0.15) is 0 Å². The van der Waals surface area contributed by atoms with Crippen molar-refractivity contribution in [1.82, 2.24) is 10.2 Å². The molecule has 2 fully saturated rings. The number of benzene rings is 1. The third kappa shape index (κ3) is 4.55. The molecule has 2 heteroatoms. The Morgan fingerprint density at radius 2 is 1.76 bits per heavy atom. The molecular weight excluding hydrogens is 256 g/mol. The zero-order valence-corrected chi connectivity index (χ0v) is 13.4. The summed E-state index contributed by atoms with van der Waals surface area (Å²) in [5.74, 6) is 0.809. The topological polar surface area (TPSA) is 15.3 Å². The van der Waals surface area contributed by atoms with Crippen LogP contribution in [0.5, 0.6) is 0 Å². The van der Waals surface area contributed by atoms with Gasteiger partial charge in [0.15, 0.2) is 0 Å². The lowest BCUT2D eigenvalue weighted by Gasteiger charge is -2.39. The van der Waals surface area contributed by atoms with Gasteiger partial charge in [0.2, 0.25) is 0 Å². The van der Waals surface area contributed by atoms with Gasteiger partial charge in [-0.05, 0) is 30.7 Å². The summed E-state index contributed by atoms with van der Waals surface area (Å²) in [5, 5.41) is 3.96. The summed E-state index contributed by atoms with van der Waals surface area (Å²) in [6.07, 6.45) is 8.43. The highest BCUT2D eigenvalue weighted by Crippen LogP contribution is 2.22. The van der Waals surface area contributed by atoms with E-state index in [1.807, 2.05) is 0 Å². The van der Waals surface area contributed by atoms with Crippen molar-refractivity contribution >= 4 is 0 Å². The number of nitrogens with one attached hydrogen (secondary N) is 1. The van der Waals surface area contributed by atoms with Crippen LogP contribution < -0.4 is 5.32 Å². The number of hydrogen-bond acceptors (Lipinski definition) is 2. The van der Waals surface area contributed by atoms with E-state index in [-0.39, 0.29) is 0 Å². The number of nitrogens with zero attached hydrogens (tertiary/aromatic N) is 1. The first-order chi connectivity index (χ1) is 10.3. The first-order valence-corrected chi connectivity index (χ1v) is 8.82. The van der Waals surface area contributed by atoms with Crippen molar-refractivity contribution in [1.29, 1.82) is 0 Å². The Balaban J connectivity index is 1.53. The molecular formula is C19H30N2. The molecule has 0 spiro atoms. The lowest BCUT2D eigenvalue weighted by Crippen LogP contribution is -2.51. The SMILES string of the molecule is CC1CC(NC2CCCCC2)CN(Cc2ccccc2)C1. The zero-order valence-electron chi connectivity index (χ0n) is 13.4. The molecule has 21 heavy (non-hydrogen) atoms. The van der Waals surface area contributed by atoms with Crippen LogP contribution in [0.15, 0.2) is 30.3 Å². The quantitative estimate of drug-likeness (QED) is 0.905. The van der Waals surface area contributed by atoms with Crippen LogP contribution in [-0.2, 0) is 6.54 Å². The molecule has 1 saturated carbocycles. The Labute approximate surface area is 129 Å². The van der Waals surface area contributed by atoms with Crippen LogP contribution in [0.4, 0.5) is 0 Å². The Morgan fingerprint density at radius 3 is 2.52 bits per heavy atom. The minimum Gasteiger partial charge on any atom is -0.310 e. The predicted octanol–water partition coefficient (Wildman–Crippen LogP) is 3.82. The summed E-state index contributed by atoms with van der Waals surface area (Å²) in [7, 11) is 0. The highest BCUT2D eigenvalue weighted by Gasteiger charge is 2.26. The smallest absolute Gasteiger partial charge is 0.0234 e. The highest BCUT2D eigenvalue weighted by molar-refractivity contribution is 5.14. The molecule has 0 amide bonds. The largest absolute Gasteiger partial charge is 0.310 e. The van der Waals surface area contributed by atoms with E-state index in [0.717, 1.165) is 18.5 Å². The van der Waals surface area contributed by atoms with Crippen LogP contribution in [0.3, 0.4) is 0 Å². The van der Waals surface area contributed by atoms with Gasteiger partial charge in [-0.15, -0.1) is 0 Å². The second-order valence-corrected chi connectivity index (χ2v) is 7.22. The fourth-order valence-electron chi connectivity index (χ4n) is 4.16. The van der Waals surface area contributed by atoms with Gasteiger partial charge < -0.3 is 5.32 Å². The Kier molecular flexibility index (Phi) is 5.32. The lowest BCUT2D eigenvalue weighted by atomic mass is 9.91. The molecule has 1 aromatic carbocycles. The molecule has 1 saturated heterocycles. The van der Waals surface area contributed by atoms with Gasteiger partial charge in [0.05, 0.1) is 0 Å². The van der Waals surface area contributed by atoms with E-state index in [0.29, 0.717) is 6.04 Å². The van der Waals surface area contributed by atoms with Crippen molar-refractivity contribution in [3.63, 3.8) is 0 Å². The molecule has 3 rings (SSSR count). The molecule has 2 atom stereocenters. The highest BCUT2D eigenvalue weighted by atomic mass is 15.2. The van der Waals surface area contributed by atoms with Crippen molar-refractivity contribution in [3.05, 3.63) is 35.9 Å². The molecule has 1 N–H and O–H groups in total. The molecule has 2 nitrogen and oxygen atoms in total. The van der Waals surface area contributed by atoms with E-state index in [4.69, 9.17) is 0 Å². The van der Waals surface area contributed by atoms with Crippen LogP contribution in [0, 0.1) is 5.92 Å². The van der Waals surface area contributed by atoms with Gasteiger partial charge in [-0.1, -0.05) is 56.5 Å². The molecule has 116 valence electrons. The van der Waals surface area contributed by atoms with Crippen molar-refractivity contribution in [2.24, 2.45) is 5.92 Å². The minimum absolute atomic E-state index is 0.695. The Hall–Kier alpha value is -0.860. The number of rotatable bonds is 4. The summed E-state index contributed by atoms with van der Waals surface area (Å²) in [4.78, 5) is 2.64. The number of piperidine rings is 1. The zero-order chi connectivity index (χ0) is 14.5. The Morgan fingerprint density at radius 1 is 1.00 bits per heavy atom. The molecule has 1 aliphatic heterocycles. The van der Waals surface area contributed by atoms with Crippen molar-refractivity contribution in [2.75, 3.05) is 13.1 Å². The van der Waals surface area contributed by atoms with E-state index in [2.05, 4.69) is 47.5 Å². The third-order valence-electron chi connectivity index (χ3n) is 5.06. The van der Waals surface area contributed by atoms with E-state index < -0.39 is 0 Å². The first kappa shape index (κ1) is 15.1. The van der Waals surface area contributed by atoms with E-state index in [1.165, 1.54) is 57.2 Å². The van der Waals surface area contributed by atoms with Crippen molar-refractivity contribution < 1.29 is 0 Å². The van der Waals surface area contributed by atoms with Crippen LogP contribution in [-0.4, -0.2) is 30.1 Å². The molecule has 1 heterocycles. The molecule has 0 bridgehead atoms. The molecule has 2 unspecified atom stereocenters. The van der Waals surface area contributed by atoms with E-state index in [9.17, 15) is 0 Å². The Bertz CT molecular complexity index is 411. The van der Waals surface area contributed by atoms with Gasteiger partial charge in [-0.25, -0.2) is 0 Å². The van der Waals surface area contributed by atoms with E-state index >= 15 is 0 Å². The van der Waals surface area contributed by atoms with Crippen LogP contribution in [0.2, 0.25) is 0 Å². The van der Waals surface area contributed by atoms with Gasteiger partial charge in [-0.3, -0.25) is 4.90 Å². The third-order valence-corrected chi connectivity index (χ3v) is 5.06. The van der Waals surface area contributed by atoms with Crippen molar-refractivity contribution in [3.8, 4) is 0 Å². The maximum Gasteiger partial charge on any atom is 0.0234 e. The maximum atomic E-state index is 3.96. The number of likely N-dealkylation sites (tertiary alicyclic amines) is 1. The first-order valence-electron chi connectivity index (χ1n) is 8.82. The standard InChI is InChI=1S/C19H30N2/c1-16-12-19(20-18-10-6-3-7-11-18)15-21(13-16)14-17-8-4-2-5-9-17/h2,4-5,8-9,16,18-20H,3,6-7,10-15H2,1H3. The molecule has 1 aromatic rings. The summed E-state index contributed by atoms with van der Waals surface area (Å²) in [5.41, 5.74) is 1.45. The van der Waals surface area contributed by atoms with Gasteiger partial charge in [0, 0.05) is 31.7 Å². The van der Waals surface area contributed by atoms with Gasteiger partial charge >= 0.3 is 0 Å². The fraction of sp³-hybridized carbons (Fsp3) is 0.684. The normalized spacial score (nSPS) is 28.6. The average molecular weight is 286 g/mol. The maximum absolute atomic E-state index is 3.96. The summed E-state index contributed by atoms with van der Waals surface area (Å²) in [6, 6.07) is 12.4. The second kappa shape index (κ2) is 7.42. The monoisotopic (exact) mass is 286 g/mol. The molecule has 0 radical (unpaired) electrons. The van der Waals surface area contributed by atoms with Crippen molar-refractivity contribution in [2.45, 2.75) is 64.1 Å². The lowest BCUT2D eigenvalue weighted by molar-refractivity contribution is 0.132. The molecule has 2 aliphatic rings. The van der Waals surface area contributed by atoms with Gasteiger partial charge in [0.25, 0.3) is 0 Å². The van der Waals surface area contributed by atoms with Crippen LogP contribution >= 0.6 is 0 Å². The molecule has 0 aromatic heterocycles. The molecule has 1 aliphatic carbocycles.